The first-order chi connectivity index (χ1) is 19.4. The molecule has 0 amide bonds. The molecular weight excluding hydrogens is 555 g/mol. The van der Waals surface area contributed by atoms with Gasteiger partial charge < -0.3 is 25.1 Å². The Balaban J connectivity index is 1.29. The minimum atomic E-state index is -0.0661. The molecule has 40 heavy (non-hydrogen) atoms. The number of piperidine rings is 1. The van der Waals surface area contributed by atoms with Gasteiger partial charge in [0.25, 0.3) is 11.9 Å². The van der Waals surface area contributed by atoms with E-state index in [1.807, 2.05) is 19.2 Å². The molecule has 0 aliphatic carbocycles. The maximum absolute atomic E-state index is 6.66. The van der Waals surface area contributed by atoms with Gasteiger partial charge in [0, 0.05) is 49.8 Å². The van der Waals surface area contributed by atoms with Crippen LogP contribution in [0.4, 0.5) is 11.6 Å². The number of benzene rings is 1. The van der Waals surface area contributed by atoms with Crippen LogP contribution in [0.25, 0.3) is 11.6 Å². The number of aliphatic imine (C=N–C) groups is 1. The molecule has 2 aromatic heterocycles. The van der Waals surface area contributed by atoms with Crippen LogP contribution in [0.5, 0.6) is 0 Å². The summed E-state index contributed by atoms with van der Waals surface area (Å²) in [6.45, 7) is 6.30. The fraction of sp³-hybridized carbons (Fsp3) is 0.500. The van der Waals surface area contributed by atoms with Gasteiger partial charge in [-0.25, -0.2) is 9.97 Å². The van der Waals surface area contributed by atoms with Crippen molar-refractivity contribution in [2.45, 2.75) is 31.5 Å². The van der Waals surface area contributed by atoms with Crippen molar-refractivity contribution in [1.82, 2.24) is 35.3 Å². The Hall–Kier alpha value is -3.03. The van der Waals surface area contributed by atoms with Crippen molar-refractivity contribution in [3.05, 3.63) is 46.4 Å². The van der Waals surface area contributed by atoms with Crippen molar-refractivity contribution >= 4 is 40.9 Å². The third-order valence-electron chi connectivity index (χ3n) is 7.42. The second-order valence-corrected chi connectivity index (χ2v) is 10.7. The second kappa shape index (κ2) is 13.1. The Morgan fingerprint density at radius 2 is 1.93 bits per heavy atom. The van der Waals surface area contributed by atoms with Crippen LogP contribution in [0.3, 0.4) is 0 Å². The lowest BCUT2D eigenvalue weighted by Gasteiger charge is -2.48. The van der Waals surface area contributed by atoms with E-state index in [1.54, 1.807) is 0 Å². The van der Waals surface area contributed by atoms with Crippen molar-refractivity contribution in [1.29, 1.82) is 0 Å². The molecule has 2 aliphatic rings. The summed E-state index contributed by atoms with van der Waals surface area (Å²) in [5.74, 6) is 0.874. The van der Waals surface area contributed by atoms with Crippen LogP contribution < -0.4 is 16.0 Å². The number of halogens is 2. The summed E-state index contributed by atoms with van der Waals surface area (Å²) in [7, 11) is 3.41. The van der Waals surface area contributed by atoms with Gasteiger partial charge in [0.15, 0.2) is 22.5 Å². The Labute approximate surface area is 243 Å². The summed E-state index contributed by atoms with van der Waals surface area (Å²) >= 11 is 12.7. The van der Waals surface area contributed by atoms with Crippen molar-refractivity contribution < 1.29 is 9.15 Å². The largest absolute Gasteiger partial charge is 0.468 e. The fourth-order valence-corrected chi connectivity index (χ4v) is 5.84. The Kier molecular flexibility index (Phi) is 9.33. The molecule has 3 N–H and O–H groups in total. The minimum absolute atomic E-state index is 0.0661. The lowest BCUT2D eigenvalue weighted by Crippen LogP contribution is -2.61. The topological polar surface area (TPSA) is 134 Å². The monoisotopic (exact) mass is 588 g/mol. The van der Waals surface area contributed by atoms with E-state index in [9.17, 15) is 0 Å². The van der Waals surface area contributed by atoms with Crippen LogP contribution >= 0.6 is 23.2 Å². The molecule has 2 aliphatic heterocycles. The highest BCUT2D eigenvalue weighted by Gasteiger charge is 2.35. The maximum atomic E-state index is 6.66. The van der Waals surface area contributed by atoms with Gasteiger partial charge in [-0.15, -0.1) is 10.2 Å². The lowest BCUT2D eigenvalue weighted by molar-refractivity contribution is 0.0630. The number of nitrogens with two attached hydrogens (primary N) is 1. The van der Waals surface area contributed by atoms with Gasteiger partial charge in [-0.2, -0.15) is 4.99 Å². The zero-order valence-electron chi connectivity index (χ0n) is 22.6. The summed E-state index contributed by atoms with van der Waals surface area (Å²) in [5.41, 5.74) is 7.37. The molecule has 1 unspecified atom stereocenters. The number of piperazine rings is 1. The Morgan fingerprint density at radius 3 is 2.60 bits per heavy atom. The van der Waals surface area contributed by atoms with Gasteiger partial charge in [0.2, 0.25) is 6.39 Å². The number of methoxy groups -OCH3 is 1. The highest BCUT2D eigenvalue weighted by atomic mass is 35.5. The fourth-order valence-electron chi connectivity index (χ4n) is 5.46. The number of amidine groups is 1. The predicted octanol–water partition coefficient (Wildman–Crippen LogP) is 2.80. The van der Waals surface area contributed by atoms with Gasteiger partial charge in [-0.1, -0.05) is 35.3 Å². The quantitative estimate of drug-likeness (QED) is 0.297. The molecule has 0 bridgehead atoms. The summed E-state index contributed by atoms with van der Waals surface area (Å²) in [6.07, 6.45) is 3.46. The van der Waals surface area contributed by atoms with E-state index in [0.29, 0.717) is 11.9 Å². The first-order valence-electron chi connectivity index (χ1n) is 13.3. The highest BCUT2D eigenvalue weighted by molar-refractivity contribution is 6.32. The molecule has 2 fully saturated rings. The van der Waals surface area contributed by atoms with E-state index in [-0.39, 0.29) is 34.6 Å². The molecule has 12 nitrogen and oxygen atoms in total. The SMILES string of the molecule is CNCC1CN(c2nc(/N=C(/N)OC)c(-c3nnco3)nc2Cl)CCN1C1CCN(Cc2ccc(Cl)cc2)CC1. The third kappa shape index (κ3) is 6.64. The molecule has 0 spiro atoms. The number of aromatic nitrogens is 4. The smallest absolute Gasteiger partial charge is 0.288 e. The van der Waals surface area contributed by atoms with Crippen molar-refractivity contribution in [3.8, 4) is 11.6 Å². The Bertz CT molecular complexity index is 1280. The van der Waals surface area contributed by atoms with Gasteiger partial charge in [0.1, 0.15) is 0 Å². The van der Waals surface area contributed by atoms with E-state index in [0.717, 1.165) is 63.7 Å². The van der Waals surface area contributed by atoms with Gasteiger partial charge >= 0.3 is 0 Å². The number of ether oxygens (including phenoxy) is 1. The van der Waals surface area contributed by atoms with Crippen LogP contribution in [0.15, 0.2) is 40.1 Å². The normalized spacial score (nSPS) is 19.8. The molecule has 1 atom stereocenters. The molecule has 214 valence electrons. The number of likely N-dealkylation sites (N-methyl/N-ethyl adjacent to an activating group) is 1. The van der Waals surface area contributed by atoms with E-state index >= 15 is 0 Å². The number of hydrogen-bond donors (Lipinski definition) is 2. The number of nitrogens with one attached hydrogen (secondary N) is 1. The Morgan fingerprint density at radius 1 is 1.15 bits per heavy atom. The van der Waals surface area contributed by atoms with E-state index in [1.165, 1.54) is 19.1 Å². The van der Waals surface area contributed by atoms with Crippen molar-refractivity contribution in [3.63, 3.8) is 0 Å². The number of nitrogens with zero attached hydrogens (tertiary/aromatic N) is 8. The van der Waals surface area contributed by atoms with E-state index in [2.05, 4.69) is 52.3 Å². The lowest BCUT2D eigenvalue weighted by atomic mass is 9.98. The van der Waals surface area contributed by atoms with E-state index < -0.39 is 0 Å². The van der Waals surface area contributed by atoms with Crippen LogP contribution in [-0.2, 0) is 11.3 Å². The minimum Gasteiger partial charge on any atom is -0.468 e. The molecule has 4 heterocycles. The molecule has 3 aromatic rings. The van der Waals surface area contributed by atoms with Crippen LogP contribution in [0.1, 0.15) is 18.4 Å². The summed E-state index contributed by atoms with van der Waals surface area (Å²) in [6, 6.07) is 8.87. The highest BCUT2D eigenvalue weighted by Crippen LogP contribution is 2.34. The summed E-state index contributed by atoms with van der Waals surface area (Å²) < 4.78 is 10.4. The molecule has 0 radical (unpaired) electrons. The van der Waals surface area contributed by atoms with Gasteiger partial charge in [-0.05, 0) is 50.7 Å². The molecule has 0 saturated carbocycles. The maximum Gasteiger partial charge on any atom is 0.288 e. The molecule has 5 rings (SSSR count). The first-order valence-corrected chi connectivity index (χ1v) is 14.0. The average Bonchev–Trinajstić information content (AvgIpc) is 3.51. The van der Waals surface area contributed by atoms with E-state index in [4.69, 9.17) is 43.1 Å². The molecular formula is C26H34Cl2N10O2. The first kappa shape index (κ1) is 28.5. The summed E-state index contributed by atoms with van der Waals surface area (Å²) in [5, 5.41) is 12.0. The number of likely N-dealkylation sites (tertiary alicyclic amines) is 1. The molecule has 2 saturated heterocycles. The van der Waals surface area contributed by atoms with Gasteiger partial charge in [0.05, 0.1) is 7.11 Å². The van der Waals surface area contributed by atoms with Crippen molar-refractivity contribution in [2.24, 2.45) is 10.7 Å². The van der Waals surface area contributed by atoms with Gasteiger partial charge in [-0.3, -0.25) is 9.80 Å². The second-order valence-electron chi connectivity index (χ2n) is 9.94. The number of anilines is 1. The summed E-state index contributed by atoms with van der Waals surface area (Å²) in [4.78, 5) is 20.8. The van der Waals surface area contributed by atoms with Crippen molar-refractivity contribution in [2.75, 3.05) is 58.3 Å². The standard InChI is InChI=1S/C26H34Cl2N10O2/c1-30-13-20-15-37(24-22(28)32-21(25-35-31-16-40-25)23(33-24)34-26(29)39-2)11-12-38(20)19-7-9-36(10-8-19)14-17-3-5-18(27)6-4-17/h3-6,16,19-20,30H,7-15H2,1-2H3,(H2,29,33,34). The predicted molar refractivity (Wildman–Crippen MR) is 155 cm³/mol. The molecule has 1 aromatic carbocycles. The number of rotatable bonds is 8. The van der Waals surface area contributed by atoms with Crippen LogP contribution in [-0.4, -0.2) is 101 Å². The third-order valence-corrected chi connectivity index (χ3v) is 7.92. The zero-order chi connectivity index (χ0) is 28.1. The van der Waals surface area contributed by atoms with Crippen LogP contribution in [0, 0.1) is 0 Å². The van der Waals surface area contributed by atoms with Crippen LogP contribution in [0.2, 0.25) is 10.2 Å². The number of hydrogen-bond acceptors (Lipinski definition) is 11. The average molecular weight is 590 g/mol. The zero-order valence-corrected chi connectivity index (χ0v) is 24.1. The molecule has 14 heteroatoms.